The minimum atomic E-state index is -0.441. The molecule has 104 valence electrons. The summed E-state index contributed by atoms with van der Waals surface area (Å²) in [6, 6.07) is 10.7. The summed E-state index contributed by atoms with van der Waals surface area (Å²) >= 11 is 9.22. The molecule has 3 nitrogen and oxygen atoms in total. The minimum absolute atomic E-state index is 0.0272. The van der Waals surface area contributed by atoms with E-state index in [0.717, 1.165) is 0 Å². The van der Waals surface area contributed by atoms with Gasteiger partial charge in [0.2, 0.25) is 0 Å². The van der Waals surface area contributed by atoms with Gasteiger partial charge in [0.05, 0.1) is 4.92 Å². The summed E-state index contributed by atoms with van der Waals surface area (Å²) < 4.78 is 13.8. The first kappa shape index (κ1) is 14.9. The number of nitro benzene ring substituents is 1. The van der Waals surface area contributed by atoms with Gasteiger partial charge in [-0.05, 0) is 24.6 Å². The van der Waals surface area contributed by atoms with Gasteiger partial charge >= 0.3 is 0 Å². The van der Waals surface area contributed by atoms with E-state index in [1.54, 1.807) is 18.2 Å². The van der Waals surface area contributed by atoms with Crippen LogP contribution in [0.3, 0.4) is 0 Å². The second-order valence-electron chi connectivity index (χ2n) is 4.22. The van der Waals surface area contributed by atoms with Crippen LogP contribution in [0.5, 0.6) is 0 Å². The highest BCUT2D eigenvalue weighted by molar-refractivity contribution is 9.09. The summed E-state index contributed by atoms with van der Waals surface area (Å²) in [5.74, 6) is -0.394. The molecule has 2 rings (SSSR count). The monoisotopic (exact) mass is 357 g/mol. The molecule has 0 N–H and O–H groups in total. The maximum absolute atomic E-state index is 13.8. The summed E-state index contributed by atoms with van der Waals surface area (Å²) in [5.41, 5.74) is 0.953. The molecular weight excluding hydrogens is 349 g/mol. The SMILES string of the molecule is O=[N+]([O-])c1ccccc1CC(Br)c1cc(Cl)ccc1F. The van der Waals surface area contributed by atoms with Crippen molar-refractivity contribution >= 4 is 33.2 Å². The molecule has 0 aliphatic carbocycles. The van der Waals surface area contributed by atoms with Crippen molar-refractivity contribution in [2.45, 2.75) is 11.2 Å². The normalized spacial score (nSPS) is 12.2. The van der Waals surface area contributed by atoms with Gasteiger partial charge in [0.15, 0.2) is 0 Å². The van der Waals surface area contributed by atoms with Gasteiger partial charge < -0.3 is 0 Å². The molecular formula is C14H10BrClFNO2. The van der Waals surface area contributed by atoms with Gasteiger partial charge in [0.25, 0.3) is 5.69 Å². The van der Waals surface area contributed by atoms with Crippen LogP contribution >= 0.6 is 27.5 Å². The molecule has 0 saturated heterocycles. The largest absolute Gasteiger partial charge is 0.272 e. The van der Waals surface area contributed by atoms with Crippen molar-refractivity contribution in [3.05, 3.63) is 74.5 Å². The third-order valence-electron chi connectivity index (χ3n) is 2.88. The molecule has 6 heteroatoms. The van der Waals surface area contributed by atoms with Crippen LogP contribution < -0.4 is 0 Å². The Morgan fingerprint density at radius 1 is 1.30 bits per heavy atom. The first-order valence-electron chi connectivity index (χ1n) is 5.80. The Balaban J connectivity index is 2.30. The van der Waals surface area contributed by atoms with E-state index < -0.39 is 10.7 Å². The van der Waals surface area contributed by atoms with Gasteiger partial charge in [0, 0.05) is 27.0 Å². The molecule has 0 heterocycles. The topological polar surface area (TPSA) is 43.1 Å². The Hall–Kier alpha value is -1.46. The van der Waals surface area contributed by atoms with Crippen molar-refractivity contribution in [1.82, 2.24) is 0 Å². The smallest absolute Gasteiger partial charge is 0.258 e. The van der Waals surface area contributed by atoms with E-state index in [9.17, 15) is 14.5 Å². The van der Waals surface area contributed by atoms with E-state index in [4.69, 9.17) is 11.6 Å². The zero-order valence-corrected chi connectivity index (χ0v) is 12.6. The molecule has 2 aromatic rings. The highest BCUT2D eigenvalue weighted by Crippen LogP contribution is 2.33. The molecule has 0 fully saturated rings. The van der Waals surface area contributed by atoms with Gasteiger partial charge in [-0.15, -0.1) is 0 Å². The van der Waals surface area contributed by atoms with Crippen LogP contribution in [0.25, 0.3) is 0 Å². The lowest BCUT2D eigenvalue weighted by molar-refractivity contribution is -0.385. The number of benzene rings is 2. The minimum Gasteiger partial charge on any atom is -0.258 e. The van der Waals surface area contributed by atoms with Gasteiger partial charge in [-0.3, -0.25) is 10.1 Å². The van der Waals surface area contributed by atoms with Crippen LogP contribution in [0.15, 0.2) is 42.5 Å². The fourth-order valence-corrected chi connectivity index (χ4v) is 2.80. The summed E-state index contributed by atoms with van der Waals surface area (Å²) in [6.45, 7) is 0. The summed E-state index contributed by atoms with van der Waals surface area (Å²) in [7, 11) is 0. The number of hydrogen-bond donors (Lipinski definition) is 0. The zero-order chi connectivity index (χ0) is 14.7. The van der Waals surface area contributed by atoms with Crippen molar-refractivity contribution in [3.63, 3.8) is 0 Å². The van der Waals surface area contributed by atoms with Crippen molar-refractivity contribution in [1.29, 1.82) is 0 Å². The second-order valence-corrected chi connectivity index (χ2v) is 5.77. The number of hydrogen-bond acceptors (Lipinski definition) is 2. The standard InChI is InChI=1S/C14H10BrClFNO2/c15-12(11-8-10(16)5-6-13(11)17)7-9-3-1-2-4-14(9)18(19)20/h1-6,8,12H,7H2. The van der Waals surface area contributed by atoms with Crippen molar-refractivity contribution in [3.8, 4) is 0 Å². The lowest BCUT2D eigenvalue weighted by Gasteiger charge is -2.12. The molecule has 1 unspecified atom stereocenters. The molecule has 0 aromatic heterocycles. The molecule has 1 atom stereocenters. The molecule has 0 radical (unpaired) electrons. The van der Waals surface area contributed by atoms with Crippen LogP contribution in [0.1, 0.15) is 16.0 Å². The molecule has 0 aliphatic rings. The molecule has 2 aromatic carbocycles. The second kappa shape index (κ2) is 6.33. The van der Waals surface area contributed by atoms with E-state index in [-0.39, 0.29) is 10.5 Å². The van der Waals surface area contributed by atoms with Crippen LogP contribution in [-0.2, 0) is 6.42 Å². The molecule has 20 heavy (non-hydrogen) atoms. The van der Waals surface area contributed by atoms with Crippen molar-refractivity contribution < 1.29 is 9.31 Å². The van der Waals surface area contributed by atoms with E-state index in [2.05, 4.69) is 15.9 Å². The average molecular weight is 359 g/mol. The predicted octanol–water partition coefficient (Wildman–Crippen LogP) is 5.07. The third kappa shape index (κ3) is 3.35. The Kier molecular flexibility index (Phi) is 4.73. The number of rotatable bonds is 4. The number of halogens is 3. The third-order valence-corrected chi connectivity index (χ3v) is 3.94. The van der Waals surface area contributed by atoms with E-state index >= 15 is 0 Å². The maximum atomic E-state index is 13.8. The quantitative estimate of drug-likeness (QED) is 0.435. The first-order chi connectivity index (χ1) is 9.49. The van der Waals surface area contributed by atoms with E-state index in [1.807, 2.05) is 0 Å². The molecule has 0 amide bonds. The number of para-hydroxylation sites is 1. The predicted molar refractivity (Wildman–Crippen MR) is 79.9 cm³/mol. The molecule has 0 bridgehead atoms. The molecule has 0 aliphatic heterocycles. The Morgan fingerprint density at radius 2 is 2.00 bits per heavy atom. The van der Waals surface area contributed by atoms with Gasteiger partial charge in [-0.1, -0.05) is 45.7 Å². The maximum Gasteiger partial charge on any atom is 0.272 e. The highest BCUT2D eigenvalue weighted by atomic mass is 79.9. The fourth-order valence-electron chi connectivity index (χ4n) is 1.92. The van der Waals surface area contributed by atoms with Crippen molar-refractivity contribution in [2.24, 2.45) is 0 Å². The number of nitrogens with zero attached hydrogens (tertiary/aromatic N) is 1. The molecule has 0 saturated carbocycles. The number of alkyl halides is 1. The summed E-state index contributed by atoms with van der Waals surface area (Å²) in [5, 5.41) is 11.4. The summed E-state index contributed by atoms with van der Waals surface area (Å²) in [6.07, 6.45) is 0.300. The van der Waals surface area contributed by atoms with Gasteiger partial charge in [-0.2, -0.15) is 0 Å². The van der Waals surface area contributed by atoms with Crippen LogP contribution in [0, 0.1) is 15.9 Å². The lowest BCUT2D eigenvalue weighted by atomic mass is 10.0. The first-order valence-corrected chi connectivity index (χ1v) is 7.09. The summed E-state index contributed by atoms with van der Waals surface area (Å²) in [4.78, 5) is 10.1. The average Bonchev–Trinajstić information content (AvgIpc) is 2.41. The lowest BCUT2D eigenvalue weighted by Crippen LogP contribution is -2.02. The van der Waals surface area contributed by atoms with E-state index in [1.165, 1.54) is 24.3 Å². The van der Waals surface area contributed by atoms with Crippen LogP contribution in [0.4, 0.5) is 10.1 Å². The van der Waals surface area contributed by atoms with Crippen LogP contribution in [0.2, 0.25) is 5.02 Å². The number of nitro groups is 1. The zero-order valence-electron chi connectivity index (χ0n) is 10.2. The van der Waals surface area contributed by atoms with Gasteiger partial charge in [0.1, 0.15) is 5.82 Å². The molecule has 0 spiro atoms. The Bertz CT molecular complexity index is 651. The fraction of sp³-hybridized carbons (Fsp3) is 0.143. The highest BCUT2D eigenvalue weighted by Gasteiger charge is 2.19. The Morgan fingerprint density at radius 3 is 2.70 bits per heavy atom. The Labute approximate surface area is 128 Å². The van der Waals surface area contributed by atoms with Gasteiger partial charge in [-0.25, -0.2) is 4.39 Å². The van der Waals surface area contributed by atoms with E-state index in [0.29, 0.717) is 22.6 Å². The van der Waals surface area contributed by atoms with Crippen LogP contribution in [-0.4, -0.2) is 4.92 Å². The van der Waals surface area contributed by atoms with Crippen molar-refractivity contribution in [2.75, 3.05) is 0 Å².